The Bertz CT molecular complexity index is 901. The molecule has 0 bridgehead atoms. The maximum Gasteiger partial charge on any atom is 0.230 e. The second kappa shape index (κ2) is 9.45. The third-order valence-corrected chi connectivity index (χ3v) is 5.01. The molecule has 3 rings (SSSR count). The van der Waals surface area contributed by atoms with Crippen molar-refractivity contribution in [1.82, 2.24) is 20.1 Å². The van der Waals surface area contributed by atoms with Gasteiger partial charge in [0, 0.05) is 6.54 Å². The molecule has 0 fully saturated rings. The van der Waals surface area contributed by atoms with Crippen LogP contribution in [0.3, 0.4) is 0 Å². The van der Waals surface area contributed by atoms with Crippen molar-refractivity contribution in [2.24, 2.45) is 0 Å². The molecule has 0 spiro atoms. The first-order valence-electron chi connectivity index (χ1n) is 9.10. The van der Waals surface area contributed by atoms with Gasteiger partial charge in [0.15, 0.2) is 11.0 Å². The molecule has 0 aliphatic heterocycles. The van der Waals surface area contributed by atoms with E-state index >= 15 is 0 Å². The van der Waals surface area contributed by atoms with Crippen LogP contribution in [0.15, 0.2) is 46.2 Å². The molecule has 2 heterocycles. The summed E-state index contributed by atoms with van der Waals surface area (Å²) >= 11 is 1.36. The zero-order chi connectivity index (χ0) is 19.9. The highest BCUT2D eigenvalue weighted by molar-refractivity contribution is 7.99. The Labute approximate surface area is 168 Å². The van der Waals surface area contributed by atoms with Gasteiger partial charge in [-0.1, -0.05) is 17.8 Å². The van der Waals surface area contributed by atoms with Gasteiger partial charge in [-0.15, -0.1) is 10.2 Å². The summed E-state index contributed by atoms with van der Waals surface area (Å²) in [5.74, 6) is 2.45. The van der Waals surface area contributed by atoms with Gasteiger partial charge in [0.05, 0.1) is 18.6 Å². The zero-order valence-corrected chi connectivity index (χ0v) is 17.1. The minimum Gasteiger partial charge on any atom is -0.486 e. The van der Waals surface area contributed by atoms with E-state index < -0.39 is 0 Å². The van der Waals surface area contributed by atoms with E-state index in [0.717, 1.165) is 28.5 Å². The van der Waals surface area contributed by atoms with Gasteiger partial charge in [-0.05, 0) is 56.2 Å². The Morgan fingerprint density at radius 2 is 2.04 bits per heavy atom. The fourth-order valence-electron chi connectivity index (χ4n) is 2.79. The fourth-order valence-corrected chi connectivity index (χ4v) is 3.65. The standard InChI is InChI=1S/C20H24N4O3S/c1-4-24-18(12-27-17-9-14(2)8-15(3)10-17)22-23-20(24)28-13-19(25)21-11-16-6-5-7-26-16/h5-10H,4,11-13H2,1-3H3,(H,21,25). The number of aromatic nitrogens is 3. The molecule has 8 heteroatoms. The number of hydrogen-bond donors (Lipinski definition) is 1. The Morgan fingerprint density at radius 3 is 2.71 bits per heavy atom. The number of nitrogens with one attached hydrogen (secondary N) is 1. The molecule has 0 radical (unpaired) electrons. The summed E-state index contributed by atoms with van der Waals surface area (Å²) in [6.45, 7) is 7.51. The lowest BCUT2D eigenvalue weighted by molar-refractivity contribution is -0.118. The monoisotopic (exact) mass is 400 g/mol. The number of amides is 1. The van der Waals surface area contributed by atoms with Crippen LogP contribution in [0.4, 0.5) is 0 Å². The van der Waals surface area contributed by atoms with Gasteiger partial charge in [-0.2, -0.15) is 0 Å². The first kappa shape index (κ1) is 20.0. The van der Waals surface area contributed by atoms with Gasteiger partial charge < -0.3 is 19.0 Å². The number of nitrogens with zero attached hydrogens (tertiary/aromatic N) is 3. The Hall–Kier alpha value is -2.74. The number of aryl methyl sites for hydroxylation is 2. The fraction of sp³-hybridized carbons (Fsp3) is 0.350. The minimum atomic E-state index is -0.0833. The van der Waals surface area contributed by atoms with Crippen LogP contribution in [0.5, 0.6) is 5.75 Å². The van der Waals surface area contributed by atoms with E-state index in [9.17, 15) is 4.79 Å². The molecule has 1 aromatic carbocycles. The molecule has 1 amide bonds. The van der Waals surface area contributed by atoms with Gasteiger partial charge >= 0.3 is 0 Å². The maximum atomic E-state index is 12.0. The van der Waals surface area contributed by atoms with E-state index in [-0.39, 0.29) is 11.7 Å². The van der Waals surface area contributed by atoms with E-state index in [0.29, 0.717) is 24.9 Å². The summed E-state index contributed by atoms with van der Waals surface area (Å²) in [4.78, 5) is 12.0. The van der Waals surface area contributed by atoms with Gasteiger partial charge in [-0.25, -0.2) is 0 Å². The molecule has 0 saturated heterocycles. The Kier molecular flexibility index (Phi) is 6.76. The summed E-state index contributed by atoms with van der Waals surface area (Å²) < 4.78 is 13.1. The Balaban J connectivity index is 1.54. The van der Waals surface area contributed by atoms with E-state index in [4.69, 9.17) is 9.15 Å². The first-order valence-corrected chi connectivity index (χ1v) is 10.1. The number of carbonyl (C=O) groups excluding carboxylic acids is 1. The molecule has 0 unspecified atom stereocenters. The highest BCUT2D eigenvalue weighted by atomic mass is 32.2. The van der Waals surface area contributed by atoms with Crippen LogP contribution in [0.1, 0.15) is 29.6 Å². The van der Waals surface area contributed by atoms with Crippen LogP contribution < -0.4 is 10.1 Å². The second-order valence-electron chi connectivity index (χ2n) is 6.40. The predicted molar refractivity (Wildman–Crippen MR) is 107 cm³/mol. The molecule has 1 N–H and O–H groups in total. The lowest BCUT2D eigenvalue weighted by atomic mass is 10.1. The van der Waals surface area contributed by atoms with Crippen molar-refractivity contribution in [1.29, 1.82) is 0 Å². The van der Waals surface area contributed by atoms with E-state index in [1.54, 1.807) is 12.3 Å². The molecule has 148 valence electrons. The molecule has 0 saturated carbocycles. The van der Waals surface area contributed by atoms with Gasteiger partial charge in [0.1, 0.15) is 18.1 Å². The molecule has 0 aliphatic carbocycles. The number of ether oxygens (including phenoxy) is 1. The summed E-state index contributed by atoms with van der Waals surface area (Å²) in [5.41, 5.74) is 2.31. The van der Waals surface area contributed by atoms with Crippen molar-refractivity contribution in [2.75, 3.05) is 5.75 Å². The average molecular weight is 401 g/mol. The van der Waals surface area contributed by atoms with E-state index in [1.807, 2.05) is 43.5 Å². The van der Waals surface area contributed by atoms with Crippen molar-refractivity contribution in [3.63, 3.8) is 0 Å². The predicted octanol–water partition coefficient (Wildman–Crippen LogP) is 3.50. The van der Waals surface area contributed by atoms with Crippen molar-refractivity contribution in [2.45, 2.75) is 45.6 Å². The highest BCUT2D eigenvalue weighted by Crippen LogP contribution is 2.20. The van der Waals surface area contributed by atoms with Crippen LogP contribution in [-0.2, 0) is 24.5 Å². The zero-order valence-electron chi connectivity index (χ0n) is 16.3. The average Bonchev–Trinajstić information content (AvgIpc) is 3.31. The molecular weight excluding hydrogens is 376 g/mol. The number of furan rings is 1. The number of hydrogen-bond acceptors (Lipinski definition) is 6. The molecule has 3 aromatic rings. The van der Waals surface area contributed by atoms with Crippen molar-refractivity contribution >= 4 is 17.7 Å². The van der Waals surface area contributed by atoms with E-state index in [2.05, 4.69) is 21.6 Å². The lowest BCUT2D eigenvalue weighted by Gasteiger charge is -2.10. The summed E-state index contributed by atoms with van der Waals surface area (Å²) in [6.07, 6.45) is 1.58. The molecule has 0 aliphatic rings. The van der Waals surface area contributed by atoms with Crippen molar-refractivity contribution in [3.8, 4) is 5.75 Å². The highest BCUT2D eigenvalue weighted by Gasteiger charge is 2.14. The topological polar surface area (TPSA) is 82.2 Å². The third-order valence-electron chi connectivity index (χ3n) is 4.05. The van der Waals surface area contributed by atoms with Crippen LogP contribution in [0.25, 0.3) is 0 Å². The smallest absolute Gasteiger partial charge is 0.230 e. The van der Waals surface area contributed by atoms with Crippen LogP contribution in [0, 0.1) is 13.8 Å². The number of rotatable bonds is 9. The molecule has 0 atom stereocenters. The minimum absolute atomic E-state index is 0.0833. The van der Waals surface area contributed by atoms with Crippen LogP contribution >= 0.6 is 11.8 Å². The van der Waals surface area contributed by atoms with Crippen LogP contribution in [0.2, 0.25) is 0 Å². The SMILES string of the molecule is CCn1c(COc2cc(C)cc(C)c2)nnc1SCC(=O)NCc1ccco1. The first-order chi connectivity index (χ1) is 13.5. The largest absolute Gasteiger partial charge is 0.486 e. The lowest BCUT2D eigenvalue weighted by Crippen LogP contribution is -2.24. The molecule has 28 heavy (non-hydrogen) atoms. The van der Waals surface area contributed by atoms with E-state index in [1.165, 1.54) is 11.8 Å². The summed E-state index contributed by atoms with van der Waals surface area (Å²) in [5, 5.41) is 12.0. The quantitative estimate of drug-likeness (QED) is 0.554. The molecular formula is C20H24N4O3S. The summed E-state index contributed by atoms with van der Waals surface area (Å²) in [7, 11) is 0. The number of carbonyl (C=O) groups is 1. The van der Waals surface area contributed by atoms with Gasteiger partial charge in [0.25, 0.3) is 0 Å². The van der Waals surface area contributed by atoms with Crippen molar-refractivity contribution in [3.05, 3.63) is 59.3 Å². The number of thioether (sulfide) groups is 1. The summed E-state index contributed by atoms with van der Waals surface area (Å²) in [6, 6.07) is 9.72. The number of benzene rings is 1. The normalized spacial score (nSPS) is 10.8. The van der Waals surface area contributed by atoms with Gasteiger partial charge in [-0.3, -0.25) is 4.79 Å². The molecule has 2 aromatic heterocycles. The maximum absolute atomic E-state index is 12.0. The second-order valence-corrected chi connectivity index (χ2v) is 7.34. The van der Waals surface area contributed by atoms with Crippen LogP contribution in [-0.4, -0.2) is 26.4 Å². The Morgan fingerprint density at radius 1 is 1.25 bits per heavy atom. The van der Waals surface area contributed by atoms with Crippen molar-refractivity contribution < 1.29 is 13.9 Å². The third kappa shape index (κ3) is 5.39. The van der Waals surface area contributed by atoms with Gasteiger partial charge in [0.2, 0.25) is 5.91 Å². The molecule has 7 nitrogen and oxygen atoms in total.